The lowest BCUT2D eigenvalue weighted by atomic mass is 10.1. The first-order valence-corrected chi connectivity index (χ1v) is 8.35. The molecular formula is C20H21FN4O. The van der Waals surface area contributed by atoms with E-state index in [1.165, 1.54) is 6.07 Å². The van der Waals surface area contributed by atoms with Crippen LogP contribution in [-0.2, 0) is 13.1 Å². The minimum atomic E-state index is -0.198. The van der Waals surface area contributed by atoms with Crippen LogP contribution in [0.1, 0.15) is 16.8 Å². The summed E-state index contributed by atoms with van der Waals surface area (Å²) in [7, 11) is 1.70. The summed E-state index contributed by atoms with van der Waals surface area (Å²) in [5.74, 6) is 1.03. The Kier molecular flexibility index (Phi) is 5.63. The van der Waals surface area contributed by atoms with Crippen LogP contribution in [0.3, 0.4) is 0 Å². The van der Waals surface area contributed by atoms with E-state index >= 15 is 0 Å². The van der Waals surface area contributed by atoms with Gasteiger partial charge in [-0.3, -0.25) is 4.99 Å². The number of benzene rings is 2. The van der Waals surface area contributed by atoms with Crippen molar-refractivity contribution in [2.45, 2.75) is 20.0 Å². The van der Waals surface area contributed by atoms with E-state index in [4.69, 9.17) is 4.42 Å². The number of halogens is 1. The molecule has 2 N–H and O–H groups in total. The van der Waals surface area contributed by atoms with Crippen molar-refractivity contribution < 1.29 is 8.81 Å². The number of rotatable bonds is 5. The summed E-state index contributed by atoms with van der Waals surface area (Å²) in [6.45, 7) is 2.79. The quantitative estimate of drug-likeness (QED) is 0.543. The van der Waals surface area contributed by atoms with Gasteiger partial charge in [0.15, 0.2) is 5.96 Å². The summed E-state index contributed by atoms with van der Waals surface area (Å²) < 4.78 is 18.8. The van der Waals surface area contributed by atoms with Crippen LogP contribution in [0.25, 0.3) is 11.5 Å². The molecule has 0 spiro atoms. The highest BCUT2D eigenvalue weighted by Crippen LogP contribution is 2.17. The molecule has 5 nitrogen and oxygen atoms in total. The maximum Gasteiger partial charge on any atom is 0.226 e. The van der Waals surface area contributed by atoms with Gasteiger partial charge in [0.05, 0.1) is 12.2 Å². The van der Waals surface area contributed by atoms with Crippen molar-refractivity contribution in [3.05, 3.63) is 77.4 Å². The molecule has 0 aliphatic heterocycles. The summed E-state index contributed by atoms with van der Waals surface area (Å²) in [4.78, 5) is 8.66. The minimum absolute atomic E-state index is 0.198. The zero-order valence-corrected chi connectivity index (χ0v) is 14.8. The Balaban J connectivity index is 1.54. The maximum absolute atomic E-state index is 13.3. The molecule has 0 amide bonds. The van der Waals surface area contributed by atoms with Crippen LogP contribution in [0.2, 0.25) is 0 Å². The van der Waals surface area contributed by atoms with Crippen molar-refractivity contribution >= 4 is 5.96 Å². The summed E-state index contributed by atoms with van der Waals surface area (Å²) in [6.07, 6.45) is 1.63. The highest BCUT2D eigenvalue weighted by molar-refractivity contribution is 5.79. The highest BCUT2D eigenvalue weighted by Gasteiger charge is 2.07. The van der Waals surface area contributed by atoms with Crippen LogP contribution < -0.4 is 10.6 Å². The van der Waals surface area contributed by atoms with E-state index in [1.807, 2.05) is 36.4 Å². The monoisotopic (exact) mass is 352 g/mol. The number of aryl methyl sites for hydroxylation is 1. The van der Waals surface area contributed by atoms with Crippen LogP contribution in [0, 0.1) is 12.7 Å². The zero-order chi connectivity index (χ0) is 18.4. The average molecular weight is 352 g/mol. The molecule has 0 saturated heterocycles. The number of hydrogen-bond acceptors (Lipinski definition) is 3. The van der Waals surface area contributed by atoms with Gasteiger partial charge in [0.25, 0.3) is 0 Å². The summed E-state index contributed by atoms with van der Waals surface area (Å²) in [5, 5.41) is 6.39. The lowest BCUT2D eigenvalue weighted by Crippen LogP contribution is -2.36. The van der Waals surface area contributed by atoms with Crippen molar-refractivity contribution in [1.29, 1.82) is 0 Å². The molecule has 3 rings (SSSR count). The molecule has 134 valence electrons. The SMILES string of the molecule is CN=C(NCc1ccc(F)c(C)c1)NCc1coc(-c2ccccc2)n1. The van der Waals surface area contributed by atoms with Crippen molar-refractivity contribution in [3.63, 3.8) is 0 Å². The standard InChI is InChI=1S/C20H21FN4O/c1-14-10-15(8-9-18(14)21)11-23-20(22-2)24-12-17-13-26-19(25-17)16-6-4-3-5-7-16/h3-10,13H,11-12H2,1-2H3,(H2,22,23,24). The third kappa shape index (κ3) is 4.47. The molecular weight excluding hydrogens is 331 g/mol. The molecule has 0 bridgehead atoms. The van der Waals surface area contributed by atoms with Gasteiger partial charge in [-0.1, -0.05) is 30.3 Å². The van der Waals surface area contributed by atoms with Gasteiger partial charge in [0.2, 0.25) is 5.89 Å². The highest BCUT2D eigenvalue weighted by atomic mass is 19.1. The topological polar surface area (TPSA) is 62.5 Å². The van der Waals surface area contributed by atoms with E-state index in [-0.39, 0.29) is 5.82 Å². The molecule has 0 unspecified atom stereocenters. The van der Waals surface area contributed by atoms with Gasteiger partial charge < -0.3 is 15.1 Å². The van der Waals surface area contributed by atoms with Gasteiger partial charge in [-0.15, -0.1) is 0 Å². The fourth-order valence-corrected chi connectivity index (χ4v) is 2.50. The molecule has 2 aromatic carbocycles. The number of aromatic nitrogens is 1. The second-order valence-electron chi connectivity index (χ2n) is 5.87. The smallest absolute Gasteiger partial charge is 0.226 e. The van der Waals surface area contributed by atoms with Gasteiger partial charge in [0.1, 0.15) is 12.1 Å². The van der Waals surface area contributed by atoms with Crippen LogP contribution in [0.5, 0.6) is 0 Å². The fourth-order valence-electron chi connectivity index (χ4n) is 2.50. The van der Waals surface area contributed by atoms with Crippen molar-refractivity contribution in [3.8, 4) is 11.5 Å². The third-order valence-electron chi connectivity index (χ3n) is 3.92. The van der Waals surface area contributed by atoms with Gasteiger partial charge in [-0.2, -0.15) is 0 Å². The first-order chi connectivity index (χ1) is 12.7. The molecule has 3 aromatic rings. The first kappa shape index (κ1) is 17.7. The molecule has 1 aromatic heterocycles. The maximum atomic E-state index is 13.3. The average Bonchev–Trinajstić information content (AvgIpc) is 3.14. The number of nitrogens with zero attached hydrogens (tertiary/aromatic N) is 2. The third-order valence-corrected chi connectivity index (χ3v) is 3.92. The normalized spacial score (nSPS) is 11.4. The zero-order valence-electron chi connectivity index (χ0n) is 14.8. The van der Waals surface area contributed by atoms with Crippen molar-refractivity contribution in [2.24, 2.45) is 4.99 Å². The number of oxazole rings is 1. The Morgan fingerprint density at radius 2 is 1.88 bits per heavy atom. The Bertz CT molecular complexity index is 890. The second kappa shape index (κ2) is 8.29. The Labute approximate surface area is 152 Å². The summed E-state index contributed by atoms with van der Waals surface area (Å²) >= 11 is 0. The van der Waals surface area contributed by atoms with Gasteiger partial charge >= 0.3 is 0 Å². The predicted molar refractivity (Wildman–Crippen MR) is 100 cm³/mol. The number of guanidine groups is 1. The van der Waals surface area contributed by atoms with Gasteiger partial charge in [0, 0.05) is 19.2 Å². The van der Waals surface area contributed by atoms with Crippen LogP contribution in [0.4, 0.5) is 4.39 Å². The van der Waals surface area contributed by atoms with Gasteiger partial charge in [-0.25, -0.2) is 9.37 Å². The molecule has 0 aliphatic carbocycles. The van der Waals surface area contributed by atoms with E-state index in [0.717, 1.165) is 16.8 Å². The number of hydrogen-bond donors (Lipinski definition) is 2. The summed E-state index contributed by atoms with van der Waals surface area (Å²) in [5.41, 5.74) is 3.33. The van der Waals surface area contributed by atoms with Crippen LogP contribution in [-0.4, -0.2) is 18.0 Å². The fraction of sp³-hybridized carbons (Fsp3) is 0.200. The number of nitrogens with one attached hydrogen (secondary N) is 2. The molecule has 26 heavy (non-hydrogen) atoms. The van der Waals surface area contributed by atoms with Crippen LogP contribution >= 0.6 is 0 Å². The van der Waals surface area contributed by atoms with E-state index in [2.05, 4.69) is 20.6 Å². The lowest BCUT2D eigenvalue weighted by Gasteiger charge is -2.11. The molecule has 6 heteroatoms. The molecule has 1 heterocycles. The largest absolute Gasteiger partial charge is 0.444 e. The molecule has 0 atom stereocenters. The lowest BCUT2D eigenvalue weighted by molar-refractivity contribution is 0.572. The van der Waals surface area contributed by atoms with Crippen LogP contribution in [0.15, 0.2) is 64.2 Å². The molecule has 0 fully saturated rings. The molecule has 0 radical (unpaired) electrons. The first-order valence-electron chi connectivity index (χ1n) is 8.35. The number of aliphatic imine (C=N–C) groups is 1. The van der Waals surface area contributed by atoms with E-state index in [9.17, 15) is 4.39 Å². The molecule has 0 saturated carbocycles. The van der Waals surface area contributed by atoms with Gasteiger partial charge in [-0.05, 0) is 36.2 Å². The minimum Gasteiger partial charge on any atom is -0.444 e. The summed E-state index contributed by atoms with van der Waals surface area (Å²) in [6, 6.07) is 14.8. The Morgan fingerprint density at radius 3 is 2.62 bits per heavy atom. The Morgan fingerprint density at radius 1 is 1.12 bits per heavy atom. The van der Waals surface area contributed by atoms with E-state index in [1.54, 1.807) is 26.3 Å². The Hall–Kier alpha value is -3.15. The van der Waals surface area contributed by atoms with E-state index < -0.39 is 0 Å². The molecule has 0 aliphatic rings. The second-order valence-corrected chi connectivity index (χ2v) is 5.87. The van der Waals surface area contributed by atoms with Crippen molar-refractivity contribution in [1.82, 2.24) is 15.6 Å². The van der Waals surface area contributed by atoms with E-state index in [0.29, 0.717) is 30.5 Å². The van der Waals surface area contributed by atoms with Crippen molar-refractivity contribution in [2.75, 3.05) is 7.05 Å². The predicted octanol–water partition coefficient (Wildman–Crippen LogP) is 3.65.